The number of para-hydroxylation sites is 1. The largest absolute Gasteiger partial charge is 0.497 e. The molecule has 2 unspecified atom stereocenters. The first kappa shape index (κ1) is 31.5. The summed E-state index contributed by atoms with van der Waals surface area (Å²) in [6, 6.07) is 14.7. The van der Waals surface area contributed by atoms with Gasteiger partial charge in [0.25, 0.3) is 5.91 Å². The van der Waals surface area contributed by atoms with Crippen molar-refractivity contribution in [3.63, 3.8) is 0 Å². The molecular weight excluding hydrogens is 558 g/mol. The first-order valence-electron chi connectivity index (χ1n) is 15.2. The number of hydrogen-bond acceptors (Lipinski definition) is 6. The summed E-state index contributed by atoms with van der Waals surface area (Å²) in [5.74, 6) is -2.16. The van der Waals surface area contributed by atoms with E-state index in [9.17, 15) is 19.5 Å². The van der Waals surface area contributed by atoms with E-state index in [-0.39, 0.29) is 43.3 Å². The van der Waals surface area contributed by atoms with Gasteiger partial charge >= 0.3 is 0 Å². The highest BCUT2D eigenvalue weighted by molar-refractivity contribution is 6.07. The Bertz CT molecular complexity index is 1410. The SMILES string of the molecule is C=CCN(C(=O)C1N([C@@H](CO)C(C)C)C(=O)[C@@H]2[C@H](C(=O)N(CC=C)c3ccccc3)[C@]3(C)CCC12O3)c1ccc(OC)cc1. The van der Waals surface area contributed by atoms with Crippen LogP contribution in [0.2, 0.25) is 0 Å². The number of likely N-dealkylation sites (tertiary alicyclic amines) is 1. The summed E-state index contributed by atoms with van der Waals surface area (Å²) in [4.78, 5) is 48.8. The fraction of sp³-hybridized carbons (Fsp3) is 0.457. The van der Waals surface area contributed by atoms with Gasteiger partial charge in [0, 0.05) is 24.5 Å². The summed E-state index contributed by atoms with van der Waals surface area (Å²) >= 11 is 0. The predicted octanol–water partition coefficient (Wildman–Crippen LogP) is 4.22. The van der Waals surface area contributed by atoms with Gasteiger partial charge in [-0.3, -0.25) is 14.4 Å². The molecule has 3 amide bonds. The highest BCUT2D eigenvalue weighted by atomic mass is 16.5. The zero-order chi connectivity index (χ0) is 31.8. The highest BCUT2D eigenvalue weighted by Gasteiger charge is 2.79. The van der Waals surface area contributed by atoms with Crippen LogP contribution in [0.25, 0.3) is 0 Å². The molecule has 3 fully saturated rings. The topological polar surface area (TPSA) is 99.6 Å². The molecule has 0 saturated carbocycles. The Morgan fingerprint density at radius 3 is 2.16 bits per heavy atom. The number of ether oxygens (including phenoxy) is 2. The van der Waals surface area contributed by atoms with Gasteiger partial charge in [-0.15, -0.1) is 13.2 Å². The Morgan fingerprint density at radius 2 is 1.61 bits per heavy atom. The van der Waals surface area contributed by atoms with Crippen LogP contribution in [-0.2, 0) is 19.1 Å². The number of methoxy groups -OCH3 is 1. The average molecular weight is 602 g/mol. The van der Waals surface area contributed by atoms with Gasteiger partial charge in [-0.05, 0) is 62.1 Å². The quantitative estimate of drug-likeness (QED) is 0.366. The van der Waals surface area contributed by atoms with Crippen molar-refractivity contribution in [3.05, 3.63) is 79.9 Å². The smallest absolute Gasteiger partial charge is 0.253 e. The van der Waals surface area contributed by atoms with E-state index in [1.807, 2.05) is 51.1 Å². The maximum atomic E-state index is 14.8. The summed E-state index contributed by atoms with van der Waals surface area (Å²) in [5, 5.41) is 10.6. The molecule has 3 saturated heterocycles. The van der Waals surface area contributed by atoms with Crippen LogP contribution in [0.3, 0.4) is 0 Å². The molecule has 1 N–H and O–H groups in total. The second-order valence-corrected chi connectivity index (χ2v) is 12.5. The van der Waals surface area contributed by atoms with Crippen LogP contribution in [-0.4, -0.2) is 77.8 Å². The van der Waals surface area contributed by atoms with Crippen molar-refractivity contribution in [1.82, 2.24) is 4.90 Å². The maximum Gasteiger partial charge on any atom is 0.253 e. The molecule has 2 bridgehead atoms. The number of hydrogen-bond donors (Lipinski definition) is 1. The van der Waals surface area contributed by atoms with Crippen molar-refractivity contribution in [1.29, 1.82) is 0 Å². The van der Waals surface area contributed by atoms with Crippen LogP contribution < -0.4 is 14.5 Å². The molecule has 9 nitrogen and oxygen atoms in total. The fourth-order valence-electron chi connectivity index (χ4n) is 7.59. The summed E-state index contributed by atoms with van der Waals surface area (Å²) in [7, 11) is 1.57. The number of carbonyl (C=O) groups excluding carboxylic acids is 3. The highest BCUT2D eigenvalue weighted by Crippen LogP contribution is 2.64. The molecule has 2 aromatic carbocycles. The number of aliphatic hydroxyl groups is 1. The van der Waals surface area contributed by atoms with Gasteiger partial charge in [-0.25, -0.2) is 0 Å². The van der Waals surface area contributed by atoms with Crippen LogP contribution in [0.15, 0.2) is 79.9 Å². The third-order valence-corrected chi connectivity index (χ3v) is 9.64. The zero-order valence-corrected chi connectivity index (χ0v) is 26.0. The third-order valence-electron chi connectivity index (χ3n) is 9.64. The van der Waals surface area contributed by atoms with Crippen LogP contribution >= 0.6 is 0 Å². The molecular formula is C35H43N3O6. The molecule has 0 aromatic heterocycles. The van der Waals surface area contributed by atoms with Crippen molar-refractivity contribution >= 4 is 29.1 Å². The number of nitrogens with zero attached hydrogens (tertiary/aromatic N) is 3. The first-order chi connectivity index (χ1) is 21.1. The van der Waals surface area contributed by atoms with E-state index in [2.05, 4.69) is 13.2 Å². The number of amides is 3. The summed E-state index contributed by atoms with van der Waals surface area (Å²) < 4.78 is 12.2. The van der Waals surface area contributed by atoms with E-state index >= 15 is 0 Å². The third kappa shape index (κ3) is 4.92. The van der Waals surface area contributed by atoms with Crippen molar-refractivity contribution in [2.24, 2.45) is 17.8 Å². The molecule has 2 aromatic rings. The molecule has 5 rings (SSSR count). The van der Waals surface area contributed by atoms with Gasteiger partial charge in [0.2, 0.25) is 11.8 Å². The van der Waals surface area contributed by atoms with Gasteiger partial charge in [0.1, 0.15) is 17.4 Å². The average Bonchev–Trinajstić information content (AvgIpc) is 3.59. The van der Waals surface area contributed by atoms with E-state index < -0.39 is 35.1 Å². The van der Waals surface area contributed by atoms with Crippen molar-refractivity contribution in [2.75, 3.05) is 36.6 Å². The molecule has 0 radical (unpaired) electrons. The minimum Gasteiger partial charge on any atom is -0.497 e. The van der Waals surface area contributed by atoms with Gasteiger partial charge in [0.05, 0.1) is 37.2 Å². The van der Waals surface area contributed by atoms with E-state index in [1.165, 1.54) is 4.90 Å². The maximum absolute atomic E-state index is 14.8. The number of anilines is 2. The van der Waals surface area contributed by atoms with Crippen LogP contribution in [0, 0.1) is 17.8 Å². The summed E-state index contributed by atoms with van der Waals surface area (Å²) in [6.45, 7) is 13.6. The lowest BCUT2D eigenvalue weighted by atomic mass is 9.66. The Labute approximate surface area is 259 Å². The van der Waals surface area contributed by atoms with Crippen LogP contribution in [0.5, 0.6) is 5.75 Å². The Morgan fingerprint density at radius 1 is 1.02 bits per heavy atom. The van der Waals surface area contributed by atoms with Crippen molar-refractivity contribution in [2.45, 2.75) is 56.9 Å². The minimum absolute atomic E-state index is 0.160. The van der Waals surface area contributed by atoms with E-state index in [1.54, 1.807) is 53.3 Å². The molecule has 0 aliphatic carbocycles. The van der Waals surface area contributed by atoms with Crippen LogP contribution in [0.4, 0.5) is 11.4 Å². The lowest BCUT2D eigenvalue weighted by molar-refractivity contribution is -0.149. The Kier molecular flexibility index (Phi) is 8.73. The lowest BCUT2D eigenvalue weighted by Gasteiger charge is -2.40. The predicted molar refractivity (Wildman–Crippen MR) is 169 cm³/mol. The molecule has 234 valence electrons. The van der Waals surface area contributed by atoms with Crippen molar-refractivity contribution in [3.8, 4) is 5.75 Å². The number of fused-ring (bicyclic) bond motifs is 1. The first-order valence-corrected chi connectivity index (χ1v) is 15.2. The number of rotatable bonds is 12. The molecule has 6 atom stereocenters. The lowest BCUT2D eigenvalue weighted by Crippen LogP contribution is -2.60. The number of aliphatic hydroxyl groups excluding tert-OH is 1. The van der Waals surface area contributed by atoms with Gasteiger partial charge < -0.3 is 29.3 Å². The molecule has 3 heterocycles. The molecule has 3 aliphatic rings. The Hall–Kier alpha value is -3.95. The minimum atomic E-state index is -1.24. The van der Waals surface area contributed by atoms with Crippen LogP contribution in [0.1, 0.15) is 33.6 Å². The van der Waals surface area contributed by atoms with Gasteiger partial charge in [0.15, 0.2) is 0 Å². The molecule has 1 spiro atoms. The standard InChI is InChI=1S/C35H43N3O6/c1-7-20-36(24-12-10-9-11-13-24)31(40)28-29-32(41)38(27(22-39)23(3)4)30(35(29)19-18-34(28,5)44-35)33(42)37(21-8-2)25-14-16-26(43-6)17-15-25/h7-17,23,27-30,39H,1-2,18-22H2,3-6H3/t27-,28+,29-,30?,34-,35?/m0/s1. The van der Waals surface area contributed by atoms with Crippen molar-refractivity contribution < 1.29 is 29.0 Å². The summed E-state index contributed by atoms with van der Waals surface area (Å²) in [5.41, 5.74) is -0.888. The van der Waals surface area contributed by atoms with E-state index in [0.29, 0.717) is 30.0 Å². The zero-order valence-electron chi connectivity index (χ0n) is 26.0. The molecule has 9 heteroatoms. The normalized spacial score (nSPS) is 27.6. The second-order valence-electron chi connectivity index (χ2n) is 12.5. The second kappa shape index (κ2) is 12.2. The fourth-order valence-corrected chi connectivity index (χ4v) is 7.59. The number of benzene rings is 2. The Balaban J connectivity index is 1.63. The van der Waals surface area contributed by atoms with E-state index in [0.717, 1.165) is 0 Å². The molecule has 44 heavy (non-hydrogen) atoms. The monoisotopic (exact) mass is 601 g/mol. The van der Waals surface area contributed by atoms with E-state index in [4.69, 9.17) is 9.47 Å². The summed E-state index contributed by atoms with van der Waals surface area (Å²) in [6.07, 6.45) is 4.24. The van der Waals surface area contributed by atoms with Gasteiger partial charge in [-0.1, -0.05) is 44.2 Å². The number of carbonyl (C=O) groups is 3. The molecule has 3 aliphatic heterocycles. The van der Waals surface area contributed by atoms with Gasteiger partial charge in [-0.2, -0.15) is 0 Å².